The van der Waals surface area contributed by atoms with E-state index in [0.29, 0.717) is 23.8 Å². The molecule has 1 heterocycles. The molecule has 0 amide bonds. The maximum absolute atomic E-state index is 12.3. The number of nitrogens with one attached hydrogen (secondary N) is 2. The SMILES string of the molecule is CNCCn1cc(S(=O)(=O)Nc2cc(Br)ccc2Cl)cn1. The Morgan fingerprint density at radius 1 is 1.43 bits per heavy atom. The van der Waals surface area contributed by atoms with Gasteiger partial charge in [-0.05, 0) is 25.2 Å². The van der Waals surface area contributed by atoms with Gasteiger partial charge in [0.25, 0.3) is 10.0 Å². The van der Waals surface area contributed by atoms with Gasteiger partial charge in [-0.3, -0.25) is 9.40 Å². The van der Waals surface area contributed by atoms with Crippen LogP contribution in [0.25, 0.3) is 0 Å². The van der Waals surface area contributed by atoms with E-state index in [2.05, 4.69) is 31.1 Å². The third-order valence-electron chi connectivity index (χ3n) is 2.68. The van der Waals surface area contributed by atoms with E-state index >= 15 is 0 Å². The van der Waals surface area contributed by atoms with Gasteiger partial charge in [0.1, 0.15) is 4.90 Å². The topological polar surface area (TPSA) is 76.0 Å². The number of likely N-dealkylation sites (N-methyl/N-ethyl adjacent to an activating group) is 1. The largest absolute Gasteiger partial charge is 0.318 e. The summed E-state index contributed by atoms with van der Waals surface area (Å²) < 4.78 is 29.3. The zero-order valence-electron chi connectivity index (χ0n) is 11.2. The minimum absolute atomic E-state index is 0.0923. The Hall–Kier alpha value is -1.09. The molecular formula is C12H14BrClN4O2S. The van der Waals surface area contributed by atoms with Crippen LogP contribution in [0.4, 0.5) is 5.69 Å². The number of rotatable bonds is 6. The average Bonchev–Trinajstić information content (AvgIpc) is 2.90. The Kier molecular flexibility index (Phi) is 5.26. The number of aromatic nitrogens is 2. The molecule has 2 N–H and O–H groups in total. The zero-order valence-corrected chi connectivity index (χ0v) is 14.3. The van der Waals surface area contributed by atoms with E-state index in [9.17, 15) is 8.42 Å². The molecule has 9 heteroatoms. The molecule has 0 spiro atoms. The van der Waals surface area contributed by atoms with Crippen molar-refractivity contribution in [3.8, 4) is 0 Å². The molecule has 21 heavy (non-hydrogen) atoms. The van der Waals surface area contributed by atoms with Crippen LogP contribution in [0, 0.1) is 0 Å². The minimum Gasteiger partial charge on any atom is -0.318 e. The van der Waals surface area contributed by atoms with Gasteiger partial charge < -0.3 is 5.32 Å². The molecule has 0 saturated carbocycles. The highest BCUT2D eigenvalue weighted by molar-refractivity contribution is 9.10. The predicted octanol–water partition coefficient (Wildman–Crippen LogP) is 2.32. The second-order valence-corrected chi connectivity index (χ2v) is 7.28. The lowest BCUT2D eigenvalue weighted by molar-refractivity contribution is 0.582. The predicted molar refractivity (Wildman–Crippen MR) is 86.1 cm³/mol. The van der Waals surface area contributed by atoms with E-state index in [-0.39, 0.29) is 4.90 Å². The molecule has 0 saturated heterocycles. The Balaban J connectivity index is 2.22. The fourth-order valence-corrected chi connectivity index (χ4v) is 3.22. The Labute approximate surface area is 136 Å². The van der Waals surface area contributed by atoms with Crippen molar-refractivity contribution in [1.82, 2.24) is 15.1 Å². The number of hydrogen-bond donors (Lipinski definition) is 2. The van der Waals surface area contributed by atoms with Crippen LogP contribution < -0.4 is 10.0 Å². The van der Waals surface area contributed by atoms with Gasteiger partial charge in [0.05, 0.1) is 23.5 Å². The van der Waals surface area contributed by atoms with Gasteiger partial charge in [-0.15, -0.1) is 0 Å². The van der Waals surface area contributed by atoms with Gasteiger partial charge in [0.15, 0.2) is 0 Å². The summed E-state index contributed by atoms with van der Waals surface area (Å²) in [7, 11) is -1.90. The standard InChI is InChI=1S/C12H14BrClN4O2S/c1-15-4-5-18-8-10(7-16-18)21(19,20)17-12-6-9(13)2-3-11(12)14/h2-3,6-8,15,17H,4-5H2,1H3. The molecule has 2 rings (SSSR count). The number of hydrogen-bond acceptors (Lipinski definition) is 4. The van der Waals surface area contributed by atoms with Crippen molar-refractivity contribution in [2.24, 2.45) is 0 Å². The highest BCUT2D eigenvalue weighted by Crippen LogP contribution is 2.27. The number of halogens is 2. The third-order valence-corrected chi connectivity index (χ3v) is 4.83. The van der Waals surface area contributed by atoms with Crippen LogP contribution in [0.15, 0.2) is 40.0 Å². The average molecular weight is 394 g/mol. The van der Waals surface area contributed by atoms with Crippen molar-refractivity contribution in [2.75, 3.05) is 18.3 Å². The Bertz CT molecular complexity index is 733. The first kappa shape index (κ1) is 16.3. The van der Waals surface area contributed by atoms with Crippen LogP contribution in [-0.2, 0) is 16.6 Å². The lowest BCUT2D eigenvalue weighted by Crippen LogP contribution is -2.15. The molecule has 0 bridgehead atoms. The molecule has 0 aliphatic carbocycles. The fourth-order valence-electron chi connectivity index (χ4n) is 1.61. The minimum atomic E-state index is -3.72. The molecule has 1 aromatic heterocycles. The van der Waals surface area contributed by atoms with E-state index in [0.717, 1.165) is 4.47 Å². The van der Waals surface area contributed by atoms with E-state index in [1.165, 1.54) is 12.4 Å². The molecule has 0 unspecified atom stereocenters. The maximum atomic E-state index is 12.3. The van der Waals surface area contributed by atoms with Crippen LogP contribution in [0.3, 0.4) is 0 Å². The van der Waals surface area contributed by atoms with E-state index in [1.807, 2.05) is 7.05 Å². The Morgan fingerprint density at radius 2 is 2.19 bits per heavy atom. The summed E-state index contributed by atoms with van der Waals surface area (Å²) in [6.07, 6.45) is 2.79. The van der Waals surface area contributed by atoms with Gasteiger partial charge in [0.2, 0.25) is 0 Å². The van der Waals surface area contributed by atoms with Crippen LogP contribution in [0.5, 0.6) is 0 Å². The molecule has 0 radical (unpaired) electrons. The number of sulfonamides is 1. The summed E-state index contributed by atoms with van der Waals surface area (Å²) in [6.45, 7) is 1.29. The van der Waals surface area contributed by atoms with Gasteiger partial charge in [-0.2, -0.15) is 5.10 Å². The quantitative estimate of drug-likeness (QED) is 0.790. The van der Waals surface area contributed by atoms with Crippen molar-refractivity contribution in [3.05, 3.63) is 40.1 Å². The van der Waals surface area contributed by atoms with E-state index in [1.54, 1.807) is 22.9 Å². The summed E-state index contributed by atoms with van der Waals surface area (Å²) in [5.41, 5.74) is 0.314. The van der Waals surface area contributed by atoms with Crippen molar-refractivity contribution < 1.29 is 8.42 Å². The molecule has 1 aromatic carbocycles. The van der Waals surface area contributed by atoms with Gasteiger partial charge in [-0.25, -0.2) is 8.42 Å². The summed E-state index contributed by atoms with van der Waals surface area (Å²) in [5, 5.41) is 7.31. The molecule has 0 aliphatic heterocycles. The van der Waals surface area contributed by atoms with Gasteiger partial charge >= 0.3 is 0 Å². The molecule has 0 fully saturated rings. The lowest BCUT2D eigenvalue weighted by atomic mass is 10.3. The van der Waals surface area contributed by atoms with Gasteiger partial charge in [-0.1, -0.05) is 27.5 Å². The van der Waals surface area contributed by atoms with Crippen molar-refractivity contribution >= 4 is 43.2 Å². The second kappa shape index (κ2) is 6.78. The summed E-state index contributed by atoms with van der Waals surface area (Å²) in [6, 6.07) is 4.95. The van der Waals surface area contributed by atoms with E-state index < -0.39 is 10.0 Å². The van der Waals surface area contributed by atoms with Crippen molar-refractivity contribution in [1.29, 1.82) is 0 Å². The van der Waals surface area contributed by atoms with E-state index in [4.69, 9.17) is 11.6 Å². The first-order chi connectivity index (χ1) is 9.92. The normalized spacial score (nSPS) is 11.6. The summed E-state index contributed by atoms with van der Waals surface area (Å²) >= 11 is 9.26. The maximum Gasteiger partial charge on any atom is 0.265 e. The second-order valence-electron chi connectivity index (χ2n) is 4.27. The lowest BCUT2D eigenvalue weighted by Gasteiger charge is -2.08. The third kappa shape index (κ3) is 4.19. The zero-order chi connectivity index (χ0) is 15.5. The molecule has 2 aromatic rings. The number of benzene rings is 1. The molecule has 6 nitrogen and oxygen atoms in total. The van der Waals surface area contributed by atoms with Gasteiger partial charge in [0, 0.05) is 17.2 Å². The number of nitrogens with zero attached hydrogens (tertiary/aromatic N) is 2. The molecular weight excluding hydrogens is 380 g/mol. The van der Waals surface area contributed by atoms with Crippen LogP contribution in [0.1, 0.15) is 0 Å². The summed E-state index contributed by atoms with van der Waals surface area (Å²) in [4.78, 5) is 0.0923. The summed E-state index contributed by atoms with van der Waals surface area (Å²) in [5.74, 6) is 0. The first-order valence-electron chi connectivity index (χ1n) is 6.07. The van der Waals surface area contributed by atoms with Crippen LogP contribution in [0.2, 0.25) is 5.02 Å². The van der Waals surface area contributed by atoms with Crippen molar-refractivity contribution in [2.45, 2.75) is 11.4 Å². The Morgan fingerprint density at radius 3 is 2.90 bits per heavy atom. The highest BCUT2D eigenvalue weighted by atomic mass is 79.9. The molecule has 0 aliphatic rings. The fraction of sp³-hybridized carbons (Fsp3) is 0.250. The van der Waals surface area contributed by atoms with Crippen LogP contribution in [-0.4, -0.2) is 31.8 Å². The monoisotopic (exact) mass is 392 g/mol. The van der Waals surface area contributed by atoms with Crippen molar-refractivity contribution in [3.63, 3.8) is 0 Å². The highest BCUT2D eigenvalue weighted by Gasteiger charge is 2.18. The molecule has 114 valence electrons. The number of anilines is 1. The smallest absolute Gasteiger partial charge is 0.265 e. The van der Waals surface area contributed by atoms with Crippen LogP contribution >= 0.6 is 27.5 Å². The molecule has 0 atom stereocenters. The first-order valence-corrected chi connectivity index (χ1v) is 8.73.